The summed E-state index contributed by atoms with van der Waals surface area (Å²) >= 11 is 0. The molecule has 2 heterocycles. The Morgan fingerprint density at radius 3 is 2.86 bits per heavy atom. The zero-order valence-electron chi connectivity index (χ0n) is 11.3. The van der Waals surface area contributed by atoms with Gasteiger partial charge in [0.15, 0.2) is 0 Å². The fourth-order valence-electron chi connectivity index (χ4n) is 2.04. The topological polar surface area (TPSA) is 114 Å². The van der Waals surface area contributed by atoms with E-state index in [9.17, 15) is 8.42 Å². The number of H-pyrrole nitrogens is 1. The average Bonchev–Trinajstić information content (AvgIpc) is 3.00. The van der Waals surface area contributed by atoms with E-state index in [1.807, 2.05) is 25.1 Å². The highest BCUT2D eigenvalue weighted by Crippen LogP contribution is 2.19. The number of fused-ring (bicyclic) bond motifs is 1. The lowest BCUT2D eigenvalue weighted by atomic mass is 10.2. The number of rotatable bonds is 4. The van der Waals surface area contributed by atoms with Crippen LogP contribution in [0.25, 0.3) is 11.0 Å². The van der Waals surface area contributed by atoms with Gasteiger partial charge in [0.25, 0.3) is 10.0 Å². The summed E-state index contributed by atoms with van der Waals surface area (Å²) in [5, 5.41) is 7.90. The third-order valence-electron chi connectivity index (χ3n) is 2.98. The predicted molar refractivity (Wildman–Crippen MR) is 78.2 cm³/mol. The first-order valence-corrected chi connectivity index (χ1v) is 7.78. The highest BCUT2D eigenvalue weighted by molar-refractivity contribution is 7.89. The molecule has 0 aliphatic heterocycles. The quantitative estimate of drug-likeness (QED) is 0.679. The number of nitrogens with zero attached hydrogens (tertiary/aromatic N) is 1. The number of imidazole rings is 1. The van der Waals surface area contributed by atoms with Crippen LogP contribution in [0.2, 0.25) is 0 Å². The number of furan rings is 1. The zero-order chi connectivity index (χ0) is 15.0. The lowest BCUT2D eigenvalue weighted by Crippen LogP contribution is -2.10. The van der Waals surface area contributed by atoms with Crippen LogP contribution in [-0.2, 0) is 16.6 Å². The number of hydrogen-bond donors (Lipinski definition) is 3. The van der Waals surface area contributed by atoms with Gasteiger partial charge in [-0.3, -0.25) is 0 Å². The van der Waals surface area contributed by atoms with Crippen molar-refractivity contribution in [2.45, 2.75) is 18.6 Å². The summed E-state index contributed by atoms with van der Waals surface area (Å²) in [6.07, 6.45) is 0. The van der Waals surface area contributed by atoms with E-state index in [2.05, 4.69) is 15.3 Å². The Morgan fingerprint density at radius 1 is 1.33 bits per heavy atom. The van der Waals surface area contributed by atoms with Gasteiger partial charge in [0.1, 0.15) is 11.6 Å². The lowest BCUT2D eigenvalue weighted by Gasteiger charge is -2.04. The van der Waals surface area contributed by atoms with Crippen LogP contribution in [0.1, 0.15) is 11.6 Å². The number of benzene rings is 1. The fraction of sp³-hybridized carbons (Fsp3) is 0.154. The third-order valence-corrected chi connectivity index (χ3v) is 3.76. The molecule has 0 aliphatic carbocycles. The molecule has 0 saturated carbocycles. The largest absolute Gasteiger partial charge is 0.446 e. The van der Waals surface area contributed by atoms with E-state index in [0.717, 1.165) is 22.5 Å². The first kappa shape index (κ1) is 13.7. The molecule has 21 heavy (non-hydrogen) atoms. The molecule has 0 unspecified atom stereocenters. The minimum atomic E-state index is -3.80. The minimum absolute atomic E-state index is 0.237. The monoisotopic (exact) mass is 306 g/mol. The first-order chi connectivity index (χ1) is 9.91. The van der Waals surface area contributed by atoms with Crippen LogP contribution in [0.15, 0.2) is 39.8 Å². The molecule has 2 aromatic heterocycles. The molecule has 3 aromatic rings. The van der Waals surface area contributed by atoms with Crippen LogP contribution in [-0.4, -0.2) is 18.4 Å². The molecule has 0 aliphatic rings. The van der Waals surface area contributed by atoms with Crippen LogP contribution in [0, 0.1) is 6.92 Å². The summed E-state index contributed by atoms with van der Waals surface area (Å²) < 4.78 is 27.4. The van der Waals surface area contributed by atoms with Crippen molar-refractivity contribution in [3.8, 4) is 0 Å². The van der Waals surface area contributed by atoms with Gasteiger partial charge in [-0.05, 0) is 37.3 Å². The van der Waals surface area contributed by atoms with Gasteiger partial charge in [-0.15, -0.1) is 0 Å². The molecule has 8 heteroatoms. The van der Waals surface area contributed by atoms with Gasteiger partial charge in [-0.1, -0.05) is 0 Å². The molecule has 7 nitrogen and oxygen atoms in total. The smallest absolute Gasteiger partial charge is 0.271 e. The van der Waals surface area contributed by atoms with Gasteiger partial charge in [0.05, 0.1) is 17.6 Å². The number of aromatic amines is 1. The molecular weight excluding hydrogens is 292 g/mol. The van der Waals surface area contributed by atoms with Crippen molar-refractivity contribution < 1.29 is 12.8 Å². The van der Waals surface area contributed by atoms with Gasteiger partial charge in [0.2, 0.25) is 5.09 Å². The Labute approximate surface area is 121 Å². The van der Waals surface area contributed by atoms with E-state index in [1.165, 1.54) is 6.07 Å². The number of sulfonamides is 1. The number of aromatic nitrogens is 2. The van der Waals surface area contributed by atoms with E-state index in [0.29, 0.717) is 12.3 Å². The molecule has 0 bridgehead atoms. The van der Waals surface area contributed by atoms with Crippen LogP contribution in [0.3, 0.4) is 0 Å². The maximum Gasteiger partial charge on any atom is 0.271 e. The third kappa shape index (κ3) is 2.91. The summed E-state index contributed by atoms with van der Waals surface area (Å²) in [7, 11) is -3.80. The molecule has 0 amide bonds. The normalized spacial score (nSPS) is 11.9. The van der Waals surface area contributed by atoms with E-state index in [-0.39, 0.29) is 5.09 Å². The Hall–Kier alpha value is -2.32. The Morgan fingerprint density at radius 2 is 2.14 bits per heavy atom. The predicted octanol–water partition coefficient (Wildman–Crippen LogP) is 1.72. The summed E-state index contributed by atoms with van der Waals surface area (Å²) in [5.74, 6) is 1.34. The van der Waals surface area contributed by atoms with Gasteiger partial charge in [0, 0.05) is 5.69 Å². The second-order valence-corrected chi connectivity index (χ2v) is 6.17. The highest BCUT2D eigenvalue weighted by atomic mass is 32.2. The molecular formula is C13H14N4O3S. The Kier molecular flexibility index (Phi) is 3.19. The maximum absolute atomic E-state index is 11.1. The number of anilines is 1. The van der Waals surface area contributed by atoms with Crippen LogP contribution in [0.5, 0.6) is 0 Å². The van der Waals surface area contributed by atoms with E-state index in [4.69, 9.17) is 9.56 Å². The lowest BCUT2D eigenvalue weighted by molar-refractivity contribution is 0.419. The average molecular weight is 306 g/mol. The van der Waals surface area contributed by atoms with E-state index >= 15 is 0 Å². The Bertz CT molecular complexity index is 895. The van der Waals surface area contributed by atoms with Gasteiger partial charge in [-0.2, -0.15) is 0 Å². The molecule has 1 aromatic carbocycles. The fourth-order valence-corrected chi connectivity index (χ4v) is 2.52. The van der Waals surface area contributed by atoms with Gasteiger partial charge >= 0.3 is 0 Å². The van der Waals surface area contributed by atoms with Crippen molar-refractivity contribution in [2.24, 2.45) is 5.14 Å². The molecule has 110 valence electrons. The van der Waals surface area contributed by atoms with Gasteiger partial charge in [-0.25, -0.2) is 18.5 Å². The van der Waals surface area contributed by atoms with Crippen molar-refractivity contribution in [1.29, 1.82) is 0 Å². The molecule has 0 spiro atoms. The summed E-state index contributed by atoms with van der Waals surface area (Å²) in [6, 6.07) is 8.64. The number of primary sulfonamides is 1. The van der Waals surface area contributed by atoms with Crippen molar-refractivity contribution >= 4 is 26.7 Å². The second kappa shape index (κ2) is 4.90. The maximum atomic E-state index is 11.1. The summed E-state index contributed by atoms with van der Waals surface area (Å²) in [6.45, 7) is 2.25. The SMILES string of the molecule is Cc1nc2ccc(NCc3ccc(S(N)(=O)=O)o3)cc2[nH]1. The van der Waals surface area contributed by atoms with E-state index in [1.54, 1.807) is 6.07 Å². The zero-order valence-corrected chi connectivity index (χ0v) is 12.1. The number of hydrogen-bond acceptors (Lipinski definition) is 5. The Balaban J connectivity index is 1.75. The van der Waals surface area contributed by atoms with Gasteiger partial charge < -0.3 is 14.7 Å². The molecule has 0 atom stereocenters. The van der Waals surface area contributed by atoms with E-state index < -0.39 is 10.0 Å². The molecule has 3 rings (SSSR count). The molecule has 0 fully saturated rings. The van der Waals surface area contributed by atoms with Crippen LogP contribution in [0.4, 0.5) is 5.69 Å². The van der Waals surface area contributed by atoms with Crippen LogP contribution >= 0.6 is 0 Å². The molecule has 0 saturated heterocycles. The summed E-state index contributed by atoms with van der Waals surface area (Å²) in [5.41, 5.74) is 2.70. The number of aryl methyl sites for hydroxylation is 1. The van der Waals surface area contributed by atoms with Crippen molar-refractivity contribution in [1.82, 2.24) is 9.97 Å². The number of nitrogens with one attached hydrogen (secondary N) is 2. The van der Waals surface area contributed by atoms with Crippen LogP contribution < -0.4 is 10.5 Å². The second-order valence-electron chi connectivity index (χ2n) is 4.67. The first-order valence-electron chi connectivity index (χ1n) is 6.23. The summed E-state index contributed by atoms with van der Waals surface area (Å²) in [4.78, 5) is 7.47. The number of nitrogens with two attached hydrogens (primary N) is 1. The molecule has 4 N–H and O–H groups in total. The van der Waals surface area contributed by atoms with Crippen molar-refractivity contribution in [3.63, 3.8) is 0 Å². The highest BCUT2D eigenvalue weighted by Gasteiger charge is 2.13. The minimum Gasteiger partial charge on any atom is -0.446 e. The standard InChI is InChI=1S/C13H14N4O3S/c1-8-16-11-4-2-9(6-12(11)17-8)15-7-10-3-5-13(20-10)21(14,18)19/h2-6,15H,7H2,1H3,(H,16,17)(H2,14,18,19). The van der Waals surface area contributed by atoms with Crippen molar-refractivity contribution in [2.75, 3.05) is 5.32 Å². The molecule has 0 radical (unpaired) electrons. The van der Waals surface area contributed by atoms with Crippen molar-refractivity contribution in [3.05, 3.63) is 41.9 Å².